The second-order valence-corrected chi connectivity index (χ2v) is 4.87. The Balaban J connectivity index is 0.000000847. The molecule has 0 bridgehead atoms. The largest absolute Gasteiger partial charge is 0.346 e. The van der Waals surface area contributed by atoms with Crippen molar-refractivity contribution in [3.8, 4) is 0 Å². The third kappa shape index (κ3) is 3.52. The first-order chi connectivity index (χ1) is 10.9. The van der Waals surface area contributed by atoms with Crippen LogP contribution >= 0.6 is 0 Å². The molecule has 3 rings (SSSR count). The predicted octanol–water partition coefficient (Wildman–Crippen LogP) is 3.73. The van der Waals surface area contributed by atoms with Crippen molar-refractivity contribution in [2.45, 2.75) is 26.2 Å². The summed E-state index contributed by atoms with van der Waals surface area (Å²) in [5.74, 6) is 0.328. The van der Waals surface area contributed by atoms with Crippen molar-refractivity contribution in [1.29, 1.82) is 0 Å². The predicted molar refractivity (Wildman–Crippen MR) is 92.1 cm³/mol. The molecule has 0 saturated heterocycles. The number of nitrogens with zero attached hydrogens (tertiary/aromatic N) is 2. The zero-order valence-corrected chi connectivity index (χ0v) is 13.5. The van der Waals surface area contributed by atoms with Crippen LogP contribution < -0.4 is 5.32 Å². The third-order valence-electron chi connectivity index (χ3n) is 3.63. The molecular weight excluding hydrogens is 272 g/mol. The molecular formula is C18H24N4. The quantitative estimate of drug-likeness (QED) is 0.754. The van der Waals surface area contributed by atoms with Gasteiger partial charge in [-0.1, -0.05) is 19.9 Å². The lowest BCUT2D eigenvalue weighted by Crippen LogP contribution is -2.13. The second-order valence-electron chi connectivity index (χ2n) is 4.87. The van der Waals surface area contributed by atoms with Crippen molar-refractivity contribution >= 4 is 11.0 Å². The Bertz CT molecular complexity index is 676. The lowest BCUT2D eigenvalue weighted by atomic mass is 9.89. The van der Waals surface area contributed by atoms with Crippen molar-refractivity contribution in [2.24, 2.45) is 0 Å². The van der Waals surface area contributed by atoms with Crippen LogP contribution in [-0.2, 0) is 0 Å². The van der Waals surface area contributed by atoms with E-state index >= 15 is 0 Å². The number of fused-ring (bicyclic) bond motifs is 1. The second kappa shape index (κ2) is 8.29. The summed E-state index contributed by atoms with van der Waals surface area (Å²) in [6.45, 7) is 4.96. The van der Waals surface area contributed by atoms with E-state index < -0.39 is 0 Å². The molecule has 4 nitrogen and oxygen atoms in total. The lowest BCUT2D eigenvalue weighted by Gasteiger charge is -2.16. The van der Waals surface area contributed by atoms with Gasteiger partial charge in [0.25, 0.3) is 0 Å². The molecule has 22 heavy (non-hydrogen) atoms. The van der Waals surface area contributed by atoms with Gasteiger partial charge in [0.05, 0.1) is 0 Å². The molecule has 0 aliphatic carbocycles. The topological polar surface area (TPSA) is 53.6 Å². The molecule has 0 aromatic carbocycles. The Labute approximate surface area is 132 Å². The summed E-state index contributed by atoms with van der Waals surface area (Å²) < 4.78 is 0. The van der Waals surface area contributed by atoms with E-state index in [9.17, 15) is 0 Å². The Morgan fingerprint density at radius 3 is 2.73 bits per heavy atom. The van der Waals surface area contributed by atoms with E-state index in [-0.39, 0.29) is 0 Å². The number of nitrogens with one attached hydrogen (secondary N) is 2. The van der Waals surface area contributed by atoms with Gasteiger partial charge in [0.1, 0.15) is 5.65 Å². The van der Waals surface area contributed by atoms with E-state index in [2.05, 4.69) is 38.6 Å². The van der Waals surface area contributed by atoms with Crippen LogP contribution in [0.2, 0.25) is 0 Å². The number of pyridine rings is 2. The maximum Gasteiger partial charge on any atom is 0.137 e. The van der Waals surface area contributed by atoms with Crippen molar-refractivity contribution < 1.29 is 0 Å². The minimum atomic E-state index is 0.328. The maximum absolute atomic E-state index is 4.37. The van der Waals surface area contributed by atoms with E-state index in [1.54, 1.807) is 0 Å². The van der Waals surface area contributed by atoms with Crippen LogP contribution in [0.25, 0.3) is 11.0 Å². The third-order valence-corrected chi connectivity index (χ3v) is 3.63. The first-order valence-corrected chi connectivity index (χ1v) is 7.86. The van der Waals surface area contributed by atoms with Crippen LogP contribution in [0.1, 0.15) is 37.3 Å². The molecule has 0 radical (unpaired) electrons. The number of rotatable bonds is 5. The number of aromatic nitrogens is 3. The summed E-state index contributed by atoms with van der Waals surface area (Å²) in [5, 5.41) is 4.42. The van der Waals surface area contributed by atoms with Gasteiger partial charge in [-0.3, -0.25) is 4.98 Å². The summed E-state index contributed by atoms with van der Waals surface area (Å²) in [6, 6.07) is 8.24. The fourth-order valence-electron chi connectivity index (χ4n) is 2.64. The van der Waals surface area contributed by atoms with Crippen molar-refractivity contribution in [3.05, 3.63) is 60.2 Å². The normalized spacial score (nSPS) is 11.8. The summed E-state index contributed by atoms with van der Waals surface area (Å²) in [7, 11) is 1.98. The Kier molecular flexibility index (Phi) is 6.10. The van der Waals surface area contributed by atoms with Crippen molar-refractivity contribution in [3.63, 3.8) is 0 Å². The van der Waals surface area contributed by atoms with E-state index in [1.165, 1.54) is 16.5 Å². The van der Waals surface area contributed by atoms with Crippen LogP contribution in [0.15, 0.2) is 49.1 Å². The number of aromatic amines is 1. The van der Waals surface area contributed by atoms with Crippen LogP contribution in [-0.4, -0.2) is 28.5 Å². The minimum Gasteiger partial charge on any atom is -0.346 e. The monoisotopic (exact) mass is 296 g/mol. The molecule has 0 amide bonds. The van der Waals surface area contributed by atoms with Gasteiger partial charge in [-0.2, -0.15) is 0 Å². The van der Waals surface area contributed by atoms with E-state index in [0.717, 1.165) is 18.6 Å². The molecule has 3 aromatic rings. The summed E-state index contributed by atoms with van der Waals surface area (Å²) in [4.78, 5) is 11.9. The summed E-state index contributed by atoms with van der Waals surface area (Å²) in [6.07, 6.45) is 8.69. The van der Waals surface area contributed by atoms with Crippen LogP contribution in [0.4, 0.5) is 0 Å². The molecule has 2 N–H and O–H groups in total. The van der Waals surface area contributed by atoms with Gasteiger partial charge in [-0.25, -0.2) is 4.98 Å². The van der Waals surface area contributed by atoms with E-state index in [1.807, 2.05) is 51.6 Å². The van der Waals surface area contributed by atoms with E-state index in [4.69, 9.17) is 0 Å². The molecule has 1 atom stereocenters. The molecule has 0 spiro atoms. The van der Waals surface area contributed by atoms with Crippen LogP contribution in [0.5, 0.6) is 0 Å². The van der Waals surface area contributed by atoms with Crippen LogP contribution in [0.3, 0.4) is 0 Å². The smallest absolute Gasteiger partial charge is 0.137 e. The zero-order chi connectivity index (χ0) is 15.8. The molecule has 0 saturated carbocycles. The average molecular weight is 296 g/mol. The van der Waals surface area contributed by atoms with Gasteiger partial charge in [0, 0.05) is 36.1 Å². The summed E-state index contributed by atoms with van der Waals surface area (Å²) in [5.41, 5.74) is 3.48. The van der Waals surface area contributed by atoms with Crippen molar-refractivity contribution in [2.75, 3.05) is 13.6 Å². The maximum atomic E-state index is 4.37. The highest BCUT2D eigenvalue weighted by Gasteiger charge is 2.18. The summed E-state index contributed by atoms with van der Waals surface area (Å²) >= 11 is 0. The highest BCUT2D eigenvalue weighted by molar-refractivity contribution is 5.80. The number of hydrogen-bond acceptors (Lipinski definition) is 3. The first-order valence-electron chi connectivity index (χ1n) is 7.86. The van der Waals surface area contributed by atoms with Crippen molar-refractivity contribution in [1.82, 2.24) is 20.3 Å². The SMILES string of the molecule is CC.CNCCC(c1cccnc1)c1c[nH]c2ncccc12. The molecule has 3 heterocycles. The molecule has 0 aliphatic rings. The first kappa shape index (κ1) is 16.2. The van der Waals surface area contributed by atoms with Crippen LogP contribution in [0, 0.1) is 0 Å². The minimum absolute atomic E-state index is 0.328. The van der Waals surface area contributed by atoms with E-state index in [0.29, 0.717) is 5.92 Å². The molecule has 0 fully saturated rings. The molecule has 4 heteroatoms. The van der Waals surface area contributed by atoms with Gasteiger partial charge in [-0.05, 0) is 49.3 Å². The average Bonchev–Trinajstić information content (AvgIpc) is 3.02. The van der Waals surface area contributed by atoms with Gasteiger partial charge >= 0.3 is 0 Å². The highest BCUT2D eigenvalue weighted by atomic mass is 14.8. The van der Waals surface area contributed by atoms with Gasteiger partial charge in [0.15, 0.2) is 0 Å². The Morgan fingerprint density at radius 2 is 2.00 bits per heavy atom. The zero-order valence-electron chi connectivity index (χ0n) is 13.5. The Hall–Kier alpha value is -2.20. The lowest BCUT2D eigenvalue weighted by molar-refractivity contribution is 0.663. The fourth-order valence-corrected chi connectivity index (χ4v) is 2.64. The molecule has 0 aliphatic heterocycles. The molecule has 3 aromatic heterocycles. The van der Waals surface area contributed by atoms with Gasteiger partial charge in [0.2, 0.25) is 0 Å². The standard InChI is InChI=1S/C16H18N4.C2H6/c1-17-9-6-13(12-4-2-7-18-10-12)15-11-20-16-14(15)5-3-8-19-16;1-2/h2-5,7-8,10-11,13,17H,6,9H2,1H3,(H,19,20);1-2H3. The molecule has 116 valence electrons. The number of hydrogen-bond donors (Lipinski definition) is 2. The highest BCUT2D eigenvalue weighted by Crippen LogP contribution is 2.31. The Morgan fingerprint density at radius 1 is 1.18 bits per heavy atom. The van der Waals surface area contributed by atoms with Gasteiger partial charge < -0.3 is 10.3 Å². The van der Waals surface area contributed by atoms with Gasteiger partial charge in [-0.15, -0.1) is 0 Å². The molecule has 1 unspecified atom stereocenters. The number of H-pyrrole nitrogens is 1. The fraction of sp³-hybridized carbons (Fsp3) is 0.333.